The lowest BCUT2D eigenvalue weighted by atomic mass is 10.0. The molecule has 0 amide bonds. The molecule has 0 spiro atoms. The van der Waals surface area contributed by atoms with E-state index < -0.39 is 0 Å². The number of piperidine rings is 1. The fourth-order valence-corrected chi connectivity index (χ4v) is 3.96. The van der Waals surface area contributed by atoms with Crippen LogP contribution in [-0.2, 0) is 6.54 Å². The predicted octanol–water partition coefficient (Wildman–Crippen LogP) is 3.58. The maximum absolute atomic E-state index is 4.94. The Morgan fingerprint density at radius 1 is 1.07 bits per heavy atom. The van der Waals surface area contributed by atoms with Gasteiger partial charge in [-0.1, -0.05) is 5.16 Å². The Balaban J connectivity index is 1.36. The minimum atomic E-state index is 0.590. The predicted molar refractivity (Wildman–Crippen MR) is 106 cm³/mol. The smallest absolute Gasteiger partial charge is 0.124 e. The summed E-state index contributed by atoms with van der Waals surface area (Å²) in [6.45, 7) is 7.12. The van der Waals surface area contributed by atoms with Crippen molar-refractivity contribution in [3.63, 3.8) is 0 Å². The molecule has 4 rings (SSSR count). The lowest BCUT2D eigenvalue weighted by Gasteiger charge is -2.37. The van der Waals surface area contributed by atoms with Gasteiger partial charge in [0.05, 0.1) is 17.1 Å². The van der Waals surface area contributed by atoms with Gasteiger partial charge in [0, 0.05) is 43.1 Å². The van der Waals surface area contributed by atoms with Gasteiger partial charge in [0.2, 0.25) is 0 Å². The summed E-state index contributed by atoms with van der Waals surface area (Å²) < 4.78 is 6.94. The Kier molecular flexibility index (Phi) is 4.99. The largest absolute Gasteiger partial charge is 0.371 e. The van der Waals surface area contributed by atoms with Gasteiger partial charge in [0.15, 0.2) is 0 Å². The van der Waals surface area contributed by atoms with E-state index in [1.165, 1.54) is 5.69 Å². The van der Waals surface area contributed by atoms with E-state index >= 15 is 0 Å². The van der Waals surface area contributed by atoms with Crippen LogP contribution in [0.15, 0.2) is 47.2 Å². The molecule has 0 aliphatic carbocycles. The minimum absolute atomic E-state index is 0.590. The number of aromatic nitrogens is 3. The summed E-state index contributed by atoms with van der Waals surface area (Å²) in [4.78, 5) is 4.87. The number of aryl methyl sites for hydroxylation is 2. The molecule has 1 fully saturated rings. The average molecular weight is 365 g/mol. The van der Waals surface area contributed by atoms with Crippen LogP contribution in [0.3, 0.4) is 0 Å². The van der Waals surface area contributed by atoms with Crippen LogP contribution in [0.25, 0.3) is 5.69 Å². The normalized spacial score (nSPS) is 15.6. The average Bonchev–Trinajstić information content (AvgIpc) is 3.31. The van der Waals surface area contributed by atoms with Crippen LogP contribution in [0.1, 0.15) is 29.9 Å². The van der Waals surface area contributed by atoms with Crippen LogP contribution in [0.2, 0.25) is 0 Å². The van der Waals surface area contributed by atoms with Crippen LogP contribution in [0, 0.1) is 13.8 Å². The van der Waals surface area contributed by atoms with Gasteiger partial charge in [-0.15, -0.1) is 0 Å². The highest BCUT2D eigenvalue weighted by Crippen LogP contribution is 2.24. The molecule has 0 bridgehead atoms. The third kappa shape index (κ3) is 3.90. The van der Waals surface area contributed by atoms with Crippen molar-refractivity contribution in [1.82, 2.24) is 19.8 Å². The quantitative estimate of drug-likeness (QED) is 0.692. The molecule has 0 radical (unpaired) electrons. The van der Waals surface area contributed by atoms with Gasteiger partial charge >= 0.3 is 0 Å². The summed E-state index contributed by atoms with van der Waals surface area (Å²) in [6.07, 6.45) is 3.96. The van der Waals surface area contributed by atoms with E-state index in [9.17, 15) is 0 Å². The second-order valence-electron chi connectivity index (χ2n) is 7.48. The van der Waals surface area contributed by atoms with Gasteiger partial charge in [0.25, 0.3) is 0 Å². The van der Waals surface area contributed by atoms with Crippen molar-refractivity contribution in [3.8, 4) is 5.69 Å². The van der Waals surface area contributed by atoms with Crippen molar-refractivity contribution in [1.29, 1.82) is 0 Å². The molecular weight excluding hydrogens is 338 g/mol. The fourth-order valence-electron chi connectivity index (χ4n) is 3.96. The zero-order chi connectivity index (χ0) is 18.8. The number of hydrogen-bond donors (Lipinski definition) is 0. The molecule has 1 saturated heterocycles. The number of nitrogens with zero attached hydrogens (tertiary/aromatic N) is 5. The van der Waals surface area contributed by atoms with Gasteiger partial charge in [-0.3, -0.25) is 4.90 Å². The SMILES string of the molecule is Cc1cc(C)n(-c2ccc(N3CCC(N(C)Cc4ccon4)CC3)cc2)n1. The standard InChI is InChI=1S/C21H27N5O/c1-16-14-17(2)26(22-16)21-6-4-20(5-7-21)25-11-8-19(9-12-25)24(3)15-18-10-13-27-23-18/h4-7,10,13-14,19H,8-9,11-12,15H2,1-3H3. The van der Waals surface area contributed by atoms with E-state index in [2.05, 4.69) is 64.4 Å². The Hall–Kier alpha value is -2.60. The summed E-state index contributed by atoms with van der Waals surface area (Å²) in [7, 11) is 2.18. The first-order valence-corrected chi connectivity index (χ1v) is 9.58. The molecule has 6 heteroatoms. The molecule has 6 nitrogen and oxygen atoms in total. The third-order valence-corrected chi connectivity index (χ3v) is 5.46. The lowest BCUT2D eigenvalue weighted by molar-refractivity contribution is 0.195. The first kappa shape index (κ1) is 17.8. The van der Waals surface area contributed by atoms with Gasteiger partial charge in [-0.05, 0) is 64.1 Å². The lowest BCUT2D eigenvalue weighted by Crippen LogP contribution is -2.43. The Morgan fingerprint density at radius 3 is 2.37 bits per heavy atom. The van der Waals surface area contributed by atoms with Crippen LogP contribution in [0.4, 0.5) is 5.69 Å². The number of rotatable bonds is 5. The molecular formula is C21H27N5O. The number of hydrogen-bond acceptors (Lipinski definition) is 5. The Morgan fingerprint density at radius 2 is 1.78 bits per heavy atom. The molecule has 1 aromatic carbocycles. The van der Waals surface area contributed by atoms with Gasteiger partial charge in [0.1, 0.15) is 6.26 Å². The molecule has 1 aliphatic heterocycles. The highest BCUT2D eigenvalue weighted by Gasteiger charge is 2.23. The maximum atomic E-state index is 4.94. The molecule has 27 heavy (non-hydrogen) atoms. The van der Waals surface area contributed by atoms with Crippen molar-refractivity contribution in [2.24, 2.45) is 0 Å². The molecule has 1 aliphatic rings. The van der Waals surface area contributed by atoms with Crippen molar-refractivity contribution in [3.05, 3.63) is 59.7 Å². The highest BCUT2D eigenvalue weighted by molar-refractivity contribution is 5.51. The second kappa shape index (κ2) is 7.56. The van der Waals surface area contributed by atoms with E-state index in [-0.39, 0.29) is 0 Å². The van der Waals surface area contributed by atoms with Crippen molar-refractivity contribution >= 4 is 5.69 Å². The van der Waals surface area contributed by atoms with Crippen molar-refractivity contribution < 1.29 is 4.52 Å². The Bertz CT molecular complexity index is 861. The third-order valence-electron chi connectivity index (χ3n) is 5.46. The molecule has 2 aromatic heterocycles. The molecule has 0 saturated carbocycles. The molecule has 0 unspecified atom stereocenters. The summed E-state index contributed by atoms with van der Waals surface area (Å²) in [6, 6.07) is 13.4. The second-order valence-corrected chi connectivity index (χ2v) is 7.48. The molecule has 3 aromatic rings. The fraction of sp³-hybridized carbons (Fsp3) is 0.429. The molecule has 0 atom stereocenters. The van der Waals surface area contributed by atoms with E-state index in [0.717, 1.165) is 55.2 Å². The van der Waals surface area contributed by atoms with Crippen LogP contribution in [0.5, 0.6) is 0 Å². The van der Waals surface area contributed by atoms with Gasteiger partial charge < -0.3 is 9.42 Å². The van der Waals surface area contributed by atoms with Gasteiger partial charge in [-0.25, -0.2) is 4.68 Å². The summed E-state index contributed by atoms with van der Waals surface area (Å²) in [5.41, 5.74) is 5.62. The zero-order valence-electron chi connectivity index (χ0n) is 16.3. The zero-order valence-corrected chi connectivity index (χ0v) is 16.3. The molecule has 0 N–H and O–H groups in total. The van der Waals surface area contributed by atoms with Crippen LogP contribution < -0.4 is 4.90 Å². The number of benzene rings is 1. The molecule has 142 valence electrons. The first-order chi connectivity index (χ1) is 13.1. The highest BCUT2D eigenvalue weighted by atomic mass is 16.5. The Labute approximate surface area is 160 Å². The van der Waals surface area contributed by atoms with Crippen molar-refractivity contribution in [2.75, 3.05) is 25.0 Å². The van der Waals surface area contributed by atoms with Crippen molar-refractivity contribution in [2.45, 2.75) is 39.3 Å². The van der Waals surface area contributed by atoms with Gasteiger partial charge in [-0.2, -0.15) is 5.10 Å². The number of anilines is 1. The van der Waals surface area contributed by atoms with Crippen LogP contribution >= 0.6 is 0 Å². The molecule has 3 heterocycles. The summed E-state index contributed by atoms with van der Waals surface area (Å²) >= 11 is 0. The maximum Gasteiger partial charge on any atom is 0.124 e. The van der Waals surface area contributed by atoms with E-state index in [1.807, 2.05) is 17.7 Å². The monoisotopic (exact) mass is 365 g/mol. The summed E-state index contributed by atoms with van der Waals surface area (Å²) in [5, 5.41) is 8.59. The summed E-state index contributed by atoms with van der Waals surface area (Å²) in [5.74, 6) is 0. The topological polar surface area (TPSA) is 50.3 Å². The minimum Gasteiger partial charge on any atom is -0.371 e. The van der Waals surface area contributed by atoms with E-state index in [4.69, 9.17) is 4.52 Å². The first-order valence-electron chi connectivity index (χ1n) is 9.58. The van der Waals surface area contributed by atoms with E-state index in [1.54, 1.807) is 6.26 Å². The van der Waals surface area contributed by atoms with Crippen LogP contribution in [-0.4, -0.2) is 46.0 Å². The van der Waals surface area contributed by atoms with E-state index in [0.29, 0.717) is 6.04 Å².